The van der Waals surface area contributed by atoms with Gasteiger partial charge in [0.15, 0.2) is 0 Å². The molecule has 1 N–H and O–H groups in total. The third-order valence-corrected chi connectivity index (χ3v) is 6.99. The van der Waals surface area contributed by atoms with E-state index >= 15 is 0 Å². The molecular formula is C28H23F2N3O3S. The van der Waals surface area contributed by atoms with Gasteiger partial charge in [-0.3, -0.25) is 9.59 Å². The van der Waals surface area contributed by atoms with E-state index in [1.165, 1.54) is 54.7 Å². The minimum atomic E-state index is -0.415. The molecule has 2 heterocycles. The third kappa shape index (κ3) is 5.51. The van der Waals surface area contributed by atoms with Gasteiger partial charge in [0.1, 0.15) is 34.7 Å². The number of hydrogen-bond acceptors (Lipinski definition) is 5. The van der Waals surface area contributed by atoms with Gasteiger partial charge in [-0.25, -0.2) is 13.8 Å². The van der Waals surface area contributed by atoms with Gasteiger partial charge in [-0.05, 0) is 71.6 Å². The van der Waals surface area contributed by atoms with Crippen molar-refractivity contribution in [3.8, 4) is 5.75 Å². The zero-order valence-electron chi connectivity index (χ0n) is 19.9. The fourth-order valence-corrected chi connectivity index (χ4v) is 5.10. The molecular weight excluding hydrogens is 496 g/mol. The standard InChI is InChI=1S/C28H23F2N3O3S/c1-17(34)33-12-11-18-5-10-23(14-24(18)27(33)19-3-2-4-21(30)13-19)36-15-26-32-25(16-37-26)28(35)31-22-8-6-20(29)7-9-22/h2-10,13-14,16,27H,11-12,15H2,1H3,(H,31,35). The van der Waals surface area contributed by atoms with Gasteiger partial charge < -0.3 is 15.0 Å². The highest BCUT2D eigenvalue weighted by Gasteiger charge is 2.31. The molecule has 0 bridgehead atoms. The molecule has 37 heavy (non-hydrogen) atoms. The number of nitrogens with one attached hydrogen (secondary N) is 1. The maximum atomic E-state index is 14.0. The molecule has 0 radical (unpaired) electrons. The SMILES string of the molecule is CC(=O)N1CCc2ccc(OCc3nc(C(=O)Nc4ccc(F)cc4)cs3)cc2C1c1cccc(F)c1. The minimum absolute atomic E-state index is 0.0829. The van der Waals surface area contributed by atoms with Gasteiger partial charge in [0.05, 0.1) is 6.04 Å². The molecule has 1 aliphatic rings. The zero-order chi connectivity index (χ0) is 25.9. The number of anilines is 1. The number of halogens is 2. The fourth-order valence-electron chi connectivity index (χ4n) is 4.41. The number of rotatable bonds is 6. The lowest BCUT2D eigenvalue weighted by Crippen LogP contribution is -2.39. The Bertz CT molecular complexity index is 1460. The lowest BCUT2D eigenvalue weighted by Gasteiger charge is -2.37. The number of carbonyl (C=O) groups excluding carboxylic acids is 2. The first-order valence-corrected chi connectivity index (χ1v) is 12.5. The first kappa shape index (κ1) is 24.6. The van der Waals surface area contributed by atoms with E-state index in [-0.39, 0.29) is 29.8 Å². The van der Waals surface area contributed by atoms with Crippen LogP contribution < -0.4 is 10.1 Å². The van der Waals surface area contributed by atoms with E-state index in [4.69, 9.17) is 4.74 Å². The Morgan fingerprint density at radius 1 is 1.08 bits per heavy atom. The van der Waals surface area contributed by atoms with Gasteiger partial charge >= 0.3 is 0 Å². The van der Waals surface area contributed by atoms with E-state index in [1.807, 2.05) is 24.3 Å². The lowest BCUT2D eigenvalue weighted by molar-refractivity contribution is -0.130. The number of benzene rings is 3. The Morgan fingerprint density at radius 3 is 2.65 bits per heavy atom. The van der Waals surface area contributed by atoms with Crippen molar-refractivity contribution in [3.05, 3.63) is 111 Å². The average molecular weight is 520 g/mol. The van der Waals surface area contributed by atoms with Crippen molar-refractivity contribution in [2.24, 2.45) is 0 Å². The lowest BCUT2D eigenvalue weighted by atomic mass is 9.88. The summed E-state index contributed by atoms with van der Waals surface area (Å²) in [4.78, 5) is 31.0. The predicted molar refractivity (Wildman–Crippen MR) is 137 cm³/mol. The smallest absolute Gasteiger partial charge is 0.275 e. The van der Waals surface area contributed by atoms with Gasteiger partial charge in [0, 0.05) is 24.5 Å². The molecule has 0 saturated heterocycles. The first-order valence-electron chi connectivity index (χ1n) is 11.7. The summed E-state index contributed by atoms with van der Waals surface area (Å²) in [7, 11) is 0. The summed E-state index contributed by atoms with van der Waals surface area (Å²) in [5, 5.41) is 4.92. The molecule has 4 aromatic rings. The van der Waals surface area contributed by atoms with Crippen LogP contribution in [0.25, 0.3) is 0 Å². The fraction of sp³-hybridized carbons (Fsp3) is 0.179. The second-order valence-corrected chi connectivity index (χ2v) is 9.60. The third-order valence-electron chi connectivity index (χ3n) is 6.16. The summed E-state index contributed by atoms with van der Waals surface area (Å²) in [5.74, 6) is -0.642. The van der Waals surface area contributed by atoms with Crippen LogP contribution in [0.4, 0.5) is 14.5 Å². The number of carbonyl (C=O) groups is 2. The summed E-state index contributed by atoms with van der Waals surface area (Å²) >= 11 is 1.29. The van der Waals surface area contributed by atoms with Crippen molar-refractivity contribution >= 4 is 28.8 Å². The van der Waals surface area contributed by atoms with Crippen LogP contribution in [0.1, 0.15) is 45.2 Å². The Kier molecular flexibility index (Phi) is 6.96. The van der Waals surface area contributed by atoms with E-state index in [1.54, 1.807) is 16.3 Å². The molecule has 0 aliphatic carbocycles. The van der Waals surface area contributed by atoms with E-state index < -0.39 is 11.9 Å². The van der Waals surface area contributed by atoms with Crippen LogP contribution >= 0.6 is 11.3 Å². The summed E-state index contributed by atoms with van der Waals surface area (Å²) in [6, 6.07) is 17.1. The van der Waals surface area contributed by atoms with Crippen LogP contribution in [0.3, 0.4) is 0 Å². The Labute approximate surface area is 216 Å². The highest BCUT2D eigenvalue weighted by molar-refractivity contribution is 7.09. The number of aromatic nitrogens is 1. The molecule has 188 valence electrons. The number of hydrogen-bond donors (Lipinski definition) is 1. The molecule has 6 nitrogen and oxygen atoms in total. The highest BCUT2D eigenvalue weighted by atomic mass is 32.1. The maximum absolute atomic E-state index is 14.0. The normalized spacial score (nSPS) is 14.7. The quantitative estimate of drug-likeness (QED) is 0.352. The van der Waals surface area contributed by atoms with Crippen LogP contribution in [0.15, 0.2) is 72.1 Å². The summed E-state index contributed by atoms with van der Waals surface area (Å²) < 4.78 is 33.1. The zero-order valence-corrected chi connectivity index (χ0v) is 20.7. The van der Waals surface area contributed by atoms with Crippen molar-refractivity contribution in [1.82, 2.24) is 9.88 Å². The van der Waals surface area contributed by atoms with Crippen molar-refractivity contribution in [1.29, 1.82) is 0 Å². The molecule has 5 rings (SSSR count). The van der Waals surface area contributed by atoms with Crippen molar-refractivity contribution < 1.29 is 23.1 Å². The molecule has 1 atom stereocenters. The van der Waals surface area contributed by atoms with Gasteiger partial charge in [0.25, 0.3) is 5.91 Å². The topological polar surface area (TPSA) is 71.5 Å². The summed E-state index contributed by atoms with van der Waals surface area (Å²) in [5.41, 5.74) is 3.38. The maximum Gasteiger partial charge on any atom is 0.275 e. The summed E-state index contributed by atoms with van der Waals surface area (Å²) in [6.07, 6.45) is 0.694. The summed E-state index contributed by atoms with van der Waals surface area (Å²) in [6.45, 7) is 2.21. The van der Waals surface area contributed by atoms with Gasteiger partial charge in [-0.1, -0.05) is 18.2 Å². The van der Waals surface area contributed by atoms with Crippen LogP contribution in [-0.4, -0.2) is 28.2 Å². The van der Waals surface area contributed by atoms with Crippen LogP contribution in [0.2, 0.25) is 0 Å². The predicted octanol–water partition coefficient (Wildman–Crippen LogP) is 5.75. The minimum Gasteiger partial charge on any atom is -0.486 e. The van der Waals surface area contributed by atoms with Crippen LogP contribution in [0, 0.1) is 11.6 Å². The van der Waals surface area contributed by atoms with E-state index in [0.29, 0.717) is 35.0 Å². The second kappa shape index (κ2) is 10.5. The molecule has 1 aromatic heterocycles. The van der Waals surface area contributed by atoms with Gasteiger partial charge in [-0.15, -0.1) is 11.3 Å². The van der Waals surface area contributed by atoms with Gasteiger partial charge in [-0.2, -0.15) is 0 Å². The molecule has 0 fully saturated rings. The molecule has 1 unspecified atom stereocenters. The highest BCUT2D eigenvalue weighted by Crippen LogP contribution is 2.37. The number of thiazole rings is 1. The Hall–Kier alpha value is -4.11. The van der Waals surface area contributed by atoms with Crippen LogP contribution in [0.5, 0.6) is 5.75 Å². The molecule has 3 aromatic carbocycles. The van der Waals surface area contributed by atoms with E-state index in [9.17, 15) is 18.4 Å². The number of amides is 2. The first-order chi connectivity index (χ1) is 17.9. The monoisotopic (exact) mass is 519 g/mol. The van der Waals surface area contributed by atoms with E-state index in [0.717, 1.165) is 11.1 Å². The van der Waals surface area contributed by atoms with Crippen molar-refractivity contribution in [2.75, 3.05) is 11.9 Å². The number of fused-ring (bicyclic) bond motifs is 1. The second-order valence-electron chi connectivity index (χ2n) is 8.66. The molecule has 1 aliphatic heterocycles. The number of ether oxygens (including phenoxy) is 1. The largest absolute Gasteiger partial charge is 0.486 e. The van der Waals surface area contributed by atoms with Crippen molar-refractivity contribution in [2.45, 2.75) is 26.0 Å². The molecule has 2 amide bonds. The Balaban J connectivity index is 1.32. The van der Waals surface area contributed by atoms with Crippen molar-refractivity contribution in [3.63, 3.8) is 0 Å². The Morgan fingerprint density at radius 2 is 1.89 bits per heavy atom. The van der Waals surface area contributed by atoms with Gasteiger partial charge in [0.2, 0.25) is 5.91 Å². The number of nitrogens with zero attached hydrogens (tertiary/aromatic N) is 2. The molecule has 9 heteroatoms. The van der Waals surface area contributed by atoms with E-state index in [2.05, 4.69) is 10.3 Å². The average Bonchev–Trinajstić information content (AvgIpc) is 3.37. The molecule has 0 spiro atoms. The van der Waals surface area contributed by atoms with Crippen LogP contribution in [-0.2, 0) is 17.8 Å². The molecule has 0 saturated carbocycles.